The third kappa shape index (κ3) is 2.13. The van der Waals surface area contributed by atoms with E-state index in [1.165, 1.54) is 24.3 Å². The molecule has 58 valence electrons. The van der Waals surface area contributed by atoms with Crippen LogP contribution >= 0.6 is 0 Å². The van der Waals surface area contributed by atoms with Crippen molar-refractivity contribution in [3.05, 3.63) is 34.4 Å². The van der Waals surface area contributed by atoms with Crippen molar-refractivity contribution >= 4 is 0 Å². The summed E-state index contributed by atoms with van der Waals surface area (Å²) in [5.41, 5.74) is 0. The van der Waals surface area contributed by atoms with E-state index in [0.29, 0.717) is 0 Å². The molecule has 0 aliphatic rings. The Morgan fingerprint density at radius 1 is 1.36 bits per heavy atom. The highest BCUT2D eigenvalue weighted by Crippen LogP contribution is 2.15. The predicted molar refractivity (Wildman–Crippen MR) is 35.7 cm³/mol. The molecule has 0 aromatic heterocycles. The minimum absolute atomic E-state index is 0.0423. The first-order chi connectivity index (χ1) is 5.18. The number of hydrogen-bond acceptors (Lipinski definition) is 4. The summed E-state index contributed by atoms with van der Waals surface area (Å²) < 4.78 is 0. The summed E-state index contributed by atoms with van der Waals surface area (Å²) in [6.45, 7) is 0. The summed E-state index contributed by atoms with van der Waals surface area (Å²) in [5.74, 6) is 0.133. The first kappa shape index (κ1) is 7.33. The van der Waals surface area contributed by atoms with Crippen molar-refractivity contribution in [2.45, 2.75) is 0 Å². The number of hydrogen-bond donors (Lipinski definition) is 1. The fourth-order valence-electron chi connectivity index (χ4n) is 0.593. The van der Waals surface area contributed by atoms with Crippen LogP contribution in [0.2, 0.25) is 0 Å². The average Bonchev–Trinajstić information content (AvgIpc) is 1.93. The largest absolute Gasteiger partial charge is 0.508 e. The normalized spacial score (nSPS) is 9.09. The zero-order valence-corrected chi connectivity index (χ0v) is 5.43. The van der Waals surface area contributed by atoms with Gasteiger partial charge in [-0.1, -0.05) is 0 Å². The molecule has 11 heavy (non-hydrogen) atoms. The van der Waals surface area contributed by atoms with Crippen LogP contribution in [0.1, 0.15) is 0 Å². The van der Waals surface area contributed by atoms with Gasteiger partial charge < -0.3 is 5.11 Å². The second-order valence-electron chi connectivity index (χ2n) is 1.81. The molecule has 0 fully saturated rings. The number of nitrogens with zero attached hydrogens (tertiary/aromatic N) is 1. The van der Waals surface area contributed by atoms with Gasteiger partial charge in [-0.05, 0) is 24.3 Å². The van der Waals surface area contributed by atoms with E-state index in [-0.39, 0.29) is 11.5 Å². The molecule has 0 aliphatic heterocycles. The van der Waals surface area contributed by atoms with Crippen molar-refractivity contribution in [2.75, 3.05) is 0 Å². The van der Waals surface area contributed by atoms with Crippen LogP contribution in [0.5, 0.6) is 11.5 Å². The SMILES string of the molecule is O=[N+]([O-])Oc1ccc(O)cc1. The van der Waals surface area contributed by atoms with E-state index in [1.54, 1.807) is 0 Å². The third-order valence-corrected chi connectivity index (χ3v) is 1.02. The highest BCUT2D eigenvalue weighted by Gasteiger charge is 1.97. The Morgan fingerprint density at radius 2 is 1.91 bits per heavy atom. The van der Waals surface area contributed by atoms with Crippen LogP contribution in [0, 0.1) is 10.1 Å². The number of phenolic OH excluding ortho intramolecular Hbond substituents is 1. The molecule has 5 heteroatoms. The standard InChI is InChI=1S/C6H5NO4/c8-5-1-3-6(4-2-5)11-7(9)10/h1-4,8H. The van der Waals surface area contributed by atoms with Crippen LogP contribution in [0.15, 0.2) is 24.3 Å². The Balaban J connectivity index is 2.74. The molecule has 0 saturated heterocycles. The van der Waals surface area contributed by atoms with Gasteiger partial charge in [-0.2, -0.15) is 0 Å². The van der Waals surface area contributed by atoms with E-state index in [4.69, 9.17) is 5.11 Å². The Morgan fingerprint density at radius 3 is 2.36 bits per heavy atom. The lowest BCUT2D eigenvalue weighted by Crippen LogP contribution is -2.02. The summed E-state index contributed by atoms with van der Waals surface area (Å²) >= 11 is 0. The molecule has 1 N–H and O–H groups in total. The molecule has 0 bridgehead atoms. The van der Waals surface area contributed by atoms with Crippen molar-refractivity contribution in [3.63, 3.8) is 0 Å². The van der Waals surface area contributed by atoms with E-state index >= 15 is 0 Å². The van der Waals surface area contributed by atoms with E-state index < -0.39 is 5.09 Å². The number of aromatic hydroxyl groups is 1. The maximum absolute atomic E-state index is 9.77. The minimum atomic E-state index is -0.910. The number of phenols is 1. The van der Waals surface area contributed by atoms with Crippen LogP contribution in [0.25, 0.3) is 0 Å². The average molecular weight is 155 g/mol. The van der Waals surface area contributed by atoms with Gasteiger partial charge in [0.05, 0.1) is 0 Å². The maximum atomic E-state index is 9.77. The first-order valence-electron chi connectivity index (χ1n) is 2.80. The van der Waals surface area contributed by atoms with Gasteiger partial charge in [0.2, 0.25) is 0 Å². The van der Waals surface area contributed by atoms with Gasteiger partial charge in [0.1, 0.15) is 11.5 Å². The van der Waals surface area contributed by atoms with Crippen LogP contribution in [-0.2, 0) is 0 Å². The molecule has 5 nitrogen and oxygen atoms in total. The molecule has 0 aliphatic carbocycles. The van der Waals surface area contributed by atoms with Gasteiger partial charge in [0, 0.05) is 0 Å². The van der Waals surface area contributed by atoms with Crippen molar-refractivity contribution in [3.8, 4) is 11.5 Å². The lowest BCUT2D eigenvalue weighted by atomic mass is 10.3. The Kier molecular flexibility index (Phi) is 1.91. The summed E-state index contributed by atoms with van der Waals surface area (Å²) in [5, 5.41) is 17.6. The Hall–Kier alpha value is -1.78. The highest BCUT2D eigenvalue weighted by atomic mass is 17.0. The van der Waals surface area contributed by atoms with E-state index in [9.17, 15) is 10.1 Å². The van der Waals surface area contributed by atoms with Crippen molar-refractivity contribution in [1.29, 1.82) is 0 Å². The molecule has 0 heterocycles. The second-order valence-corrected chi connectivity index (χ2v) is 1.81. The molecule has 0 radical (unpaired) electrons. The molecule has 1 aromatic carbocycles. The summed E-state index contributed by atoms with van der Waals surface area (Å²) in [4.78, 5) is 13.9. The third-order valence-electron chi connectivity index (χ3n) is 1.02. The Bertz CT molecular complexity index is 256. The number of rotatable bonds is 2. The van der Waals surface area contributed by atoms with Crippen LogP contribution < -0.4 is 4.84 Å². The summed E-state index contributed by atoms with van der Waals surface area (Å²) in [6, 6.07) is 5.22. The van der Waals surface area contributed by atoms with Crippen LogP contribution in [-0.4, -0.2) is 10.2 Å². The monoisotopic (exact) mass is 155 g/mol. The molecular weight excluding hydrogens is 150 g/mol. The predicted octanol–water partition coefficient (Wildman–Crippen LogP) is 0.963. The quantitative estimate of drug-likeness (QED) is 0.510. The van der Waals surface area contributed by atoms with E-state index in [1.807, 2.05) is 0 Å². The fraction of sp³-hybridized carbons (Fsp3) is 0. The highest BCUT2D eigenvalue weighted by molar-refractivity contribution is 5.29. The fourth-order valence-corrected chi connectivity index (χ4v) is 0.593. The van der Waals surface area contributed by atoms with Gasteiger partial charge in [0.25, 0.3) is 5.09 Å². The topological polar surface area (TPSA) is 72.6 Å². The molecular formula is C6H5NO4. The van der Waals surface area contributed by atoms with Crippen LogP contribution in [0.3, 0.4) is 0 Å². The van der Waals surface area contributed by atoms with Crippen LogP contribution in [0.4, 0.5) is 0 Å². The van der Waals surface area contributed by atoms with Gasteiger partial charge in [-0.25, -0.2) is 0 Å². The number of benzene rings is 1. The summed E-state index contributed by atoms with van der Waals surface area (Å²) in [7, 11) is 0. The van der Waals surface area contributed by atoms with Crippen molar-refractivity contribution < 1.29 is 15.0 Å². The zero-order chi connectivity index (χ0) is 8.27. The molecule has 0 atom stereocenters. The second kappa shape index (κ2) is 2.87. The van der Waals surface area contributed by atoms with Gasteiger partial charge in [0.15, 0.2) is 0 Å². The Labute approximate surface area is 61.9 Å². The van der Waals surface area contributed by atoms with Gasteiger partial charge in [-0.3, -0.25) is 4.84 Å². The zero-order valence-electron chi connectivity index (χ0n) is 5.43. The van der Waals surface area contributed by atoms with Crippen molar-refractivity contribution in [2.24, 2.45) is 0 Å². The molecule has 0 spiro atoms. The molecule has 1 aromatic rings. The summed E-state index contributed by atoms with van der Waals surface area (Å²) in [6.07, 6.45) is 0. The maximum Gasteiger partial charge on any atom is 0.299 e. The smallest absolute Gasteiger partial charge is 0.299 e. The van der Waals surface area contributed by atoms with E-state index in [0.717, 1.165) is 0 Å². The molecule has 1 rings (SSSR count). The van der Waals surface area contributed by atoms with Gasteiger partial charge in [-0.15, -0.1) is 10.1 Å². The molecule has 0 amide bonds. The minimum Gasteiger partial charge on any atom is -0.508 e. The lowest BCUT2D eigenvalue weighted by Gasteiger charge is -1.96. The van der Waals surface area contributed by atoms with E-state index in [2.05, 4.69) is 4.84 Å². The van der Waals surface area contributed by atoms with Gasteiger partial charge >= 0.3 is 0 Å². The first-order valence-corrected chi connectivity index (χ1v) is 2.80. The molecule has 0 unspecified atom stereocenters. The van der Waals surface area contributed by atoms with Crippen molar-refractivity contribution in [1.82, 2.24) is 0 Å². The lowest BCUT2D eigenvalue weighted by molar-refractivity contribution is -0.711. The molecule has 0 saturated carbocycles.